The Labute approximate surface area is 99.2 Å². The molecular weight excluding hydrogens is 222 g/mol. The van der Waals surface area contributed by atoms with Crippen LogP contribution in [-0.2, 0) is 15.1 Å². The number of fused-ring (bicyclic) bond motifs is 1. The van der Waals surface area contributed by atoms with Gasteiger partial charge in [0.2, 0.25) is 0 Å². The van der Waals surface area contributed by atoms with E-state index in [1.165, 1.54) is 12.0 Å². The second kappa shape index (κ2) is 4.44. The van der Waals surface area contributed by atoms with E-state index in [-0.39, 0.29) is 19.8 Å². The van der Waals surface area contributed by atoms with Crippen molar-refractivity contribution in [3.05, 3.63) is 29.8 Å². The Balaban J connectivity index is 2.48. The SMILES string of the molecule is COCN1C(=O)[C@](O)(CCO)c2ccccc21. The van der Waals surface area contributed by atoms with E-state index in [1.54, 1.807) is 24.3 Å². The Morgan fingerprint density at radius 1 is 1.41 bits per heavy atom. The van der Waals surface area contributed by atoms with Gasteiger partial charge in [0.05, 0.1) is 5.69 Å². The molecule has 1 aromatic rings. The number of aliphatic hydroxyl groups is 2. The van der Waals surface area contributed by atoms with Gasteiger partial charge in [-0.25, -0.2) is 0 Å². The van der Waals surface area contributed by atoms with E-state index in [0.717, 1.165) is 0 Å². The highest BCUT2D eigenvalue weighted by Gasteiger charge is 2.48. The van der Waals surface area contributed by atoms with Gasteiger partial charge in [0, 0.05) is 25.7 Å². The first kappa shape index (κ1) is 12.0. The van der Waals surface area contributed by atoms with Crippen LogP contribution in [0.5, 0.6) is 0 Å². The van der Waals surface area contributed by atoms with Gasteiger partial charge in [-0.15, -0.1) is 0 Å². The molecule has 1 aliphatic rings. The summed E-state index contributed by atoms with van der Waals surface area (Å²) in [5.41, 5.74) is -0.476. The summed E-state index contributed by atoms with van der Waals surface area (Å²) < 4.78 is 4.96. The smallest absolute Gasteiger partial charge is 0.265 e. The van der Waals surface area contributed by atoms with Gasteiger partial charge in [-0.05, 0) is 6.07 Å². The van der Waals surface area contributed by atoms with Crippen LogP contribution in [0.4, 0.5) is 5.69 Å². The van der Waals surface area contributed by atoms with Crippen LogP contribution >= 0.6 is 0 Å². The van der Waals surface area contributed by atoms with Crippen molar-refractivity contribution in [2.24, 2.45) is 0 Å². The van der Waals surface area contributed by atoms with Crippen LogP contribution in [0.25, 0.3) is 0 Å². The summed E-state index contributed by atoms with van der Waals surface area (Å²) in [4.78, 5) is 13.5. The zero-order valence-electron chi connectivity index (χ0n) is 9.59. The number of rotatable bonds is 4. The average molecular weight is 237 g/mol. The molecule has 1 aliphatic heterocycles. The predicted molar refractivity (Wildman–Crippen MR) is 61.4 cm³/mol. The first-order valence-corrected chi connectivity index (χ1v) is 5.39. The number of anilines is 1. The normalized spacial score (nSPS) is 23.0. The Bertz CT molecular complexity index is 434. The lowest BCUT2D eigenvalue weighted by atomic mass is 9.92. The number of para-hydroxylation sites is 1. The number of ether oxygens (including phenoxy) is 1. The molecule has 2 N–H and O–H groups in total. The van der Waals surface area contributed by atoms with Gasteiger partial charge in [0.1, 0.15) is 6.73 Å². The summed E-state index contributed by atoms with van der Waals surface area (Å²) in [6, 6.07) is 6.99. The number of benzene rings is 1. The average Bonchev–Trinajstić information content (AvgIpc) is 2.54. The van der Waals surface area contributed by atoms with Crippen LogP contribution in [0, 0.1) is 0 Å². The highest BCUT2D eigenvalue weighted by atomic mass is 16.5. The number of nitrogens with zero attached hydrogens (tertiary/aromatic N) is 1. The van der Waals surface area contributed by atoms with E-state index in [4.69, 9.17) is 9.84 Å². The van der Waals surface area contributed by atoms with E-state index >= 15 is 0 Å². The van der Waals surface area contributed by atoms with Crippen LogP contribution in [0.2, 0.25) is 0 Å². The van der Waals surface area contributed by atoms with Crippen LogP contribution in [0.15, 0.2) is 24.3 Å². The van der Waals surface area contributed by atoms with Crippen molar-refractivity contribution in [2.45, 2.75) is 12.0 Å². The molecule has 1 heterocycles. The minimum absolute atomic E-state index is 0.0109. The van der Waals surface area contributed by atoms with Gasteiger partial charge < -0.3 is 14.9 Å². The molecule has 1 aromatic carbocycles. The fourth-order valence-corrected chi connectivity index (χ4v) is 2.17. The van der Waals surface area contributed by atoms with Crippen molar-refractivity contribution in [2.75, 3.05) is 25.3 Å². The highest BCUT2D eigenvalue weighted by Crippen LogP contribution is 2.41. The Morgan fingerprint density at radius 3 is 2.76 bits per heavy atom. The first-order chi connectivity index (χ1) is 8.15. The molecule has 1 atom stereocenters. The fraction of sp³-hybridized carbons (Fsp3) is 0.417. The molecule has 2 rings (SSSR count). The third-order valence-electron chi connectivity index (χ3n) is 2.97. The summed E-state index contributed by atoms with van der Waals surface area (Å²) in [6.45, 7) is -0.166. The molecule has 1 amide bonds. The number of amides is 1. The molecule has 17 heavy (non-hydrogen) atoms. The molecule has 0 radical (unpaired) electrons. The van der Waals surface area contributed by atoms with E-state index in [2.05, 4.69) is 0 Å². The third kappa shape index (κ3) is 1.72. The second-order valence-electron chi connectivity index (χ2n) is 4.00. The first-order valence-electron chi connectivity index (χ1n) is 5.39. The summed E-state index contributed by atoms with van der Waals surface area (Å²) >= 11 is 0. The number of hydrogen-bond acceptors (Lipinski definition) is 4. The monoisotopic (exact) mass is 237 g/mol. The largest absolute Gasteiger partial charge is 0.396 e. The molecule has 0 spiro atoms. The van der Waals surface area contributed by atoms with Gasteiger partial charge in [0.15, 0.2) is 5.60 Å². The highest BCUT2D eigenvalue weighted by molar-refractivity contribution is 6.06. The van der Waals surface area contributed by atoms with Crippen molar-refractivity contribution in [1.29, 1.82) is 0 Å². The number of carbonyl (C=O) groups excluding carboxylic acids is 1. The third-order valence-corrected chi connectivity index (χ3v) is 2.97. The molecule has 0 unspecified atom stereocenters. The van der Waals surface area contributed by atoms with E-state index in [0.29, 0.717) is 11.3 Å². The number of methoxy groups -OCH3 is 1. The predicted octanol–water partition coefficient (Wildman–Crippen LogP) is 0.207. The quantitative estimate of drug-likeness (QED) is 0.785. The fourth-order valence-electron chi connectivity index (χ4n) is 2.17. The molecule has 0 aromatic heterocycles. The van der Waals surface area contributed by atoms with Crippen molar-refractivity contribution in [3.8, 4) is 0 Å². The lowest BCUT2D eigenvalue weighted by Gasteiger charge is -2.21. The molecular formula is C12H15NO4. The van der Waals surface area contributed by atoms with Crippen molar-refractivity contribution < 1.29 is 19.7 Å². The minimum atomic E-state index is -1.64. The summed E-state index contributed by atoms with van der Waals surface area (Å²) in [7, 11) is 1.49. The molecule has 5 heteroatoms. The topological polar surface area (TPSA) is 70.0 Å². The standard InChI is InChI=1S/C12H15NO4/c1-17-8-13-10-5-3-2-4-9(10)12(16,6-7-14)11(13)15/h2-5,14,16H,6-8H2,1H3/t12-/m0/s1. The van der Waals surface area contributed by atoms with E-state index in [9.17, 15) is 9.90 Å². The number of aliphatic hydroxyl groups excluding tert-OH is 1. The molecule has 0 fully saturated rings. The van der Waals surface area contributed by atoms with Gasteiger partial charge in [-0.2, -0.15) is 0 Å². The van der Waals surface area contributed by atoms with Crippen LogP contribution in [0.3, 0.4) is 0 Å². The maximum Gasteiger partial charge on any atom is 0.265 e. The summed E-state index contributed by atoms with van der Waals surface area (Å²) in [6.07, 6.45) is -0.0109. The minimum Gasteiger partial charge on any atom is -0.396 e. The summed E-state index contributed by atoms with van der Waals surface area (Å²) in [5.74, 6) is -0.449. The van der Waals surface area contributed by atoms with Crippen LogP contribution in [-0.4, -0.2) is 36.6 Å². The van der Waals surface area contributed by atoms with Crippen molar-refractivity contribution in [3.63, 3.8) is 0 Å². The number of carbonyl (C=O) groups is 1. The lowest BCUT2D eigenvalue weighted by molar-refractivity contribution is -0.138. The Hall–Kier alpha value is -1.43. The maximum atomic E-state index is 12.1. The Kier molecular flexibility index (Phi) is 3.15. The summed E-state index contributed by atoms with van der Waals surface area (Å²) in [5, 5.41) is 19.4. The van der Waals surface area contributed by atoms with Crippen LogP contribution < -0.4 is 4.90 Å². The zero-order chi connectivity index (χ0) is 12.5. The van der Waals surface area contributed by atoms with Crippen molar-refractivity contribution >= 4 is 11.6 Å². The molecule has 0 bridgehead atoms. The van der Waals surface area contributed by atoms with Crippen molar-refractivity contribution in [1.82, 2.24) is 0 Å². The number of hydrogen-bond donors (Lipinski definition) is 2. The maximum absolute atomic E-state index is 12.1. The molecule has 0 aliphatic carbocycles. The molecule has 0 saturated carbocycles. The van der Waals surface area contributed by atoms with Gasteiger partial charge in [0.25, 0.3) is 5.91 Å². The van der Waals surface area contributed by atoms with Gasteiger partial charge >= 0.3 is 0 Å². The lowest BCUT2D eigenvalue weighted by Crippen LogP contribution is -2.41. The van der Waals surface area contributed by atoms with Gasteiger partial charge in [-0.3, -0.25) is 9.69 Å². The Morgan fingerprint density at radius 2 is 2.12 bits per heavy atom. The molecule has 0 saturated heterocycles. The second-order valence-corrected chi connectivity index (χ2v) is 4.00. The van der Waals surface area contributed by atoms with Crippen LogP contribution in [0.1, 0.15) is 12.0 Å². The van der Waals surface area contributed by atoms with E-state index < -0.39 is 11.5 Å². The van der Waals surface area contributed by atoms with Gasteiger partial charge in [-0.1, -0.05) is 18.2 Å². The molecule has 5 nitrogen and oxygen atoms in total. The molecule has 92 valence electrons. The zero-order valence-corrected chi connectivity index (χ0v) is 9.59. The van der Waals surface area contributed by atoms with E-state index in [1.807, 2.05) is 0 Å².